The number of hydrogen-bond acceptors (Lipinski definition) is 4. The maximum Gasteiger partial charge on any atom is 0.109 e. The highest BCUT2D eigenvalue weighted by Crippen LogP contribution is 2.17. The Hall–Kier alpha value is -0.450. The molecule has 0 aliphatic heterocycles. The SMILES string of the molecule is CC(N)c1nc(CN(C)C(C)C)cs1. The van der Waals surface area contributed by atoms with Crippen molar-refractivity contribution in [3.63, 3.8) is 0 Å². The molecule has 1 heterocycles. The smallest absolute Gasteiger partial charge is 0.109 e. The van der Waals surface area contributed by atoms with Crippen LogP contribution in [0.5, 0.6) is 0 Å². The van der Waals surface area contributed by atoms with Crippen molar-refractivity contribution in [3.05, 3.63) is 16.1 Å². The molecule has 0 saturated heterocycles. The molecule has 0 bridgehead atoms. The second kappa shape index (κ2) is 4.87. The fourth-order valence-electron chi connectivity index (χ4n) is 1.04. The third-order valence-electron chi connectivity index (χ3n) is 2.25. The fourth-order valence-corrected chi connectivity index (χ4v) is 1.81. The lowest BCUT2D eigenvalue weighted by Gasteiger charge is -2.19. The summed E-state index contributed by atoms with van der Waals surface area (Å²) in [6.07, 6.45) is 0. The van der Waals surface area contributed by atoms with Gasteiger partial charge in [-0.3, -0.25) is 4.90 Å². The lowest BCUT2D eigenvalue weighted by atomic mass is 10.3. The predicted molar refractivity (Wildman–Crippen MR) is 61.3 cm³/mol. The van der Waals surface area contributed by atoms with Crippen LogP contribution in [0.2, 0.25) is 0 Å². The van der Waals surface area contributed by atoms with Crippen molar-refractivity contribution in [2.45, 2.75) is 39.4 Å². The third-order valence-corrected chi connectivity index (χ3v) is 3.35. The van der Waals surface area contributed by atoms with Gasteiger partial charge in [-0.25, -0.2) is 4.98 Å². The predicted octanol–water partition coefficient (Wildman–Crippen LogP) is 2.00. The van der Waals surface area contributed by atoms with Crippen LogP contribution in [0, 0.1) is 0 Å². The maximum atomic E-state index is 5.75. The van der Waals surface area contributed by atoms with Crippen molar-refractivity contribution >= 4 is 11.3 Å². The average Bonchev–Trinajstić information content (AvgIpc) is 2.52. The first-order valence-electron chi connectivity index (χ1n) is 4.90. The maximum absolute atomic E-state index is 5.75. The Bertz CT molecular complexity index is 281. The topological polar surface area (TPSA) is 42.1 Å². The van der Waals surface area contributed by atoms with Gasteiger partial charge in [-0.1, -0.05) is 0 Å². The summed E-state index contributed by atoms with van der Waals surface area (Å²) in [5, 5.41) is 3.12. The van der Waals surface area contributed by atoms with E-state index >= 15 is 0 Å². The Labute approximate surface area is 89.9 Å². The molecule has 0 aliphatic rings. The normalized spacial score (nSPS) is 13.9. The summed E-state index contributed by atoms with van der Waals surface area (Å²) in [5.41, 5.74) is 6.88. The van der Waals surface area contributed by atoms with Gasteiger partial charge in [0.25, 0.3) is 0 Å². The number of nitrogens with two attached hydrogens (primary N) is 1. The van der Waals surface area contributed by atoms with Crippen LogP contribution in [0.1, 0.15) is 37.5 Å². The number of thiazole rings is 1. The molecule has 14 heavy (non-hydrogen) atoms. The van der Waals surface area contributed by atoms with E-state index in [2.05, 4.69) is 36.2 Å². The first kappa shape index (κ1) is 11.6. The van der Waals surface area contributed by atoms with Crippen LogP contribution in [0.4, 0.5) is 0 Å². The van der Waals surface area contributed by atoms with Crippen LogP contribution < -0.4 is 5.73 Å². The summed E-state index contributed by atoms with van der Waals surface area (Å²) in [7, 11) is 2.11. The molecule has 4 heteroatoms. The van der Waals surface area contributed by atoms with Gasteiger partial charge >= 0.3 is 0 Å². The van der Waals surface area contributed by atoms with E-state index < -0.39 is 0 Å². The van der Waals surface area contributed by atoms with Gasteiger partial charge in [0, 0.05) is 18.0 Å². The molecule has 3 nitrogen and oxygen atoms in total. The number of aromatic nitrogens is 1. The third kappa shape index (κ3) is 3.04. The van der Waals surface area contributed by atoms with E-state index in [9.17, 15) is 0 Å². The van der Waals surface area contributed by atoms with Gasteiger partial charge in [-0.15, -0.1) is 11.3 Å². The zero-order valence-electron chi connectivity index (χ0n) is 9.32. The second-order valence-electron chi connectivity index (χ2n) is 3.97. The zero-order valence-corrected chi connectivity index (χ0v) is 10.1. The van der Waals surface area contributed by atoms with Crippen LogP contribution >= 0.6 is 11.3 Å². The monoisotopic (exact) mass is 213 g/mol. The van der Waals surface area contributed by atoms with Crippen molar-refractivity contribution in [3.8, 4) is 0 Å². The van der Waals surface area contributed by atoms with Crippen LogP contribution in [-0.2, 0) is 6.54 Å². The number of hydrogen-bond donors (Lipinski definition) is 1. The molecule has 2 N–H and O–H groups in total. The van der Waals surface area contributed by atoms with E-state index in [-0.39, 0.29) is 6.04 Å². The van der Waals surface area contributed by atoms with Gasteiger partial charge in [-0.2, -0.15) is 0 Å². The molecule has 0 saturated carbocycles. The Morgan fingerprint density at radius 1 is 1.50 bits per heavy atom. The van der Waals surface area contributed by atoms with E-state index in [0.29, 0.717) is 6.04 Å². The fraction of sp³-hybridized carbons (Fsp3) is 0.700. The van der Waals surface area contributed by atoms with Gasteiger partial charge in [0.05, 0.1) is 11.7 Å². The largest absolute Gasteiger partial charge is 0.322 e. The molecule has 1 unspecified atom stereocenters. The summed E-state index contributed by atoms with van der Waals surface area (Å²) < 4.78 is 0. The van der Waals surface area contributed by atoms with Gasteiger partial charge < -0.3 is 5.73 Å². The molecule has 1 atom stereocenters. The standard InChI is InChI=1S/C10H19N3S/c1-7(2)13(4)5-9-6-14-10(12-9)8(3)11/h6-8H,5,11H2,1-4H3. The quantitative estimate of drug-likeness (QED) is 0.832. The molecule has 0 radical (unpaired) electrons. The van der Waals surface area contributed by atoms with Crippen LogP contribution in [0.25, 0.3) is 0 Å². The molecule has 1 rings (SSSR count). The summed E-state index contributed by atoms with van der Waals surface area (Å²) in [4.78, 5) is 6.75. The molecular formula is C10H19N3S. The Morgan fingerprint density at radius 3 is 2.57 bits per heavy atom. The highest BCUT2D eigenvalue weighted by Gasteiger charge is 2.09. The van der Waals surface area contributed by atoms with Crippen LogP contribution in [-0.4, -0.2) is 23.0 Å². The van der Waals surface area contributed by atoms with Gasteiger partial charge in [0.2, 0.25) is 0 Å². The summed E-state index contributed by atoms with van der Waals surface area (Å²) in [6.45, 7) is 7.23. The van der Waals surface area contributed by atoms with Gasteiger partial charge in [0.1, 0.15) is 5.01 Å². The van der Waals surface area contributed by atoms with Crippen molar-refractivity contribution < 1.29 is 0 Å². The summed E-state index contributed by atoms with van der Waals surface area (Å²) in [5.74, 6) is 0. The molecule has 0 aliphatic carbocycles. The van der Waals surface area contributed by atoms with E-state index in [4.69, 9.17) is 5.73 Å². The van der Waals surface area contributed by atoms with Crippen molar-refractivity contribution in [1.29, 1.82) is 0 Å². The minimum atomic E-state index is 0.0538. The van der Waals surface area contributed by atoms with Crippen LogP contribution in [0.15, 0.2) is 5.38 Å². The second-order valence-corrected chi connectivity index (χ2v) is 4.86. The number of rotatable bonds is 4. The molecule has 1 aromatic heterocycles. The minimum absolute atomic E-state index is 0.0538. The Balaban J connectivity index is 2.60. The zero-order chi connectivity index (χ0) is 10.7. The van der Waals surface area contributed by atoms with Crippen molar-refractivity contribution in [1.82, 2.24) is 9.88 Å². The van der Waals surface area contributed by atoms with E-state index in [1.54, 1.807) is 11.3 Å². The molecule has 0 fully saturated rings. The van der Waals surface area contributed by atoms with E-state index in [0.717, 1.165) is 17.2 Å². The molecule has 0 spiro atoms. The molecule has 0 amide bonds. The highest BCUT2D eigenvalue weighted by molar-refractivity contribution is 7.09. The van der Waals surface area contributed by atoms with Gasteiger partial charge in [-0.05, 0) is 27.8 Å². The molecule has 0 aromatic carbocycles. The van der Waals surface area contributed by atoms with Crippen LogP contribution in [0.3, 0.4) is 0 Å². The summed E-state index contributed by atoms with van der Waals surface area (Å²) >= 11 is 1.65. The first-order valence-corrected chi connectivity index (χ1v) is 5.78. The molecule has 80 valence electrons. The van der Waals surface area contributed by atoms with E-state index in [1.165, 1.54) is 0 Å². The number of nitrogens with zero attached hydrogens (tertiary/aromatic N) is 2. The van der Waals surface area contributed by atoms with Crippen molar-refractivity contribution in [2.24, 2.45) is 5.73 Å². The molecule has 1 aromatic rings. The summed E-state index contributed by atoms with van der Waals surface area (Å²) in [6, 6.07) is 0.605. The lowest BCUT2D eigenvalue weighted by Crippen LogP contribution is -2.25. The average molecular weight is 213 g/mol. The highest BCUT2D eigenvalue weighted by atomic mass is 32.1. The van der Waals surface area contributed by atoms with Crippen molar-refractivity contribution in [2.75, 3.05) is 7.05 Å². The molecular weight excluding hydrogens is 194 g/mol. The lowest BCUT2D eigenvalue weighted by molar-refractivity contribution is 0.263. The Kier molecular flexibility index (Phi) is 4.04. The Morgan fingerprint density at radius 2 is 2.14 bits per heavy atom. The first-order chi connectivity index (χ1) is 6.50. The van der Waals surface area contributed by atoms with Gasteiger partial charge in [0.15, 0.2) is 0 Å². The van der Waals surface area contributed by atoms with E-state index in [1.807, 2.05) is 6.92 Å². The minimum Gasteiger partial charge on any atom is -0.322 e.